The first-order valence-corrected chi connectivity index (χ1v) is 8.31. The molecule has 0 bridgehead atoms. The van der Waals surface area contributed by atoms with Crippen LogP contribution < -0.4 is 5.32 Å². The summed E-state index contributed by atoms with van der Waals surface area (Å²) in [6.45, 7) is 3.40. The number of methoxy groups -OCH3 is 2. The van der Waals surface area contributed by atoms with Gasteiger partial charge in [0.05, 0.1) is 12.1 Å². The highest BCUT2D eigenvalue weighted by molar-refractivity contribution is 5.89. The molecule has 0 amide bonds. The highest BCUT2D eigenvalue weighted by Gasteiger charge is 2.62. The summed E-state index contributed by atoms with van der Waals surface area (Å²) in [4.78, 5) is 21.4. The van der Waals surface area contributed by atoms with Crippen molar-refractivity contribution < 1.29 is 29.3 Å². The van der Waals surface area contributed by atoms with Crippen molar-refractivity contribution in [2.75, 3.05) is 27.8 Å². The Morgan fingerprint density at radius 1 is 1.27 bits per heavy atom. The van der Waals surface area contributed by atoms with Gasteiger partial charge in [0.2, 0.25) is 0 Å². The molecular weight excluding hydrogens is 340 g/mol. The van der Waals surface area contributed by atoms with Gasteiger partial charge in [0.1, 0.15) is 0 Å². The number of allylic oxidation sites excluding steroid dienone is 2. The molecule has 2 aliphatic heterocycles. The molecular formula is C18H26N2O6. The molecule has 3 aliphatic rings. The molecule has 144 valence electrons. The van der Waals surface area contributed by atoms with E-state index >= 15 is 0 Å². The number of hydrogen-bond acceptors (Lipinski definition) is 6. The normalized spacial score (nSPS) is 31.1. The smallest absolute Gasteiger partial charge is 0.328 e. The van der Waals surface area contributed by atoms with Crippen LogP contribution >= 0.6 is 0 Å². The van der Waals surface area contributed by atoms with Gasteiger partial charge in [-0.25, -0.2) is 9.59 Å². The fourth-order valence-corrected chi connectivity index (χ4v) is 4.27. The first kappa shape index (κ1) is 20.2. The zero-order valence-corrected chi connectivity index (χ0v) is 15.4. The lowest BCUT2D eigenvalue weighted by Gasteiger charge is -2.42. The lowest BCUT2D eigenvalue weighted by molar-refractivity contribution is -0.214. The molecule has 0 radical (unpaired) electrons. The Labute approximate surface area is 152 Å². The highest BCUT2D eigenvalue weighted by Crippen LogP contribution is 2.57. The monoisotopic (exact) mass is 366 g/mol. The molecule has 3 rings (SSSR count). The van der Waals surface area contributed by atoms with Gasteiger partial charge in [-0.2, -0.15) is 0 Å². The number of rotatable bonds is 4. The Balaban J connectivity index is 0.000000260. The first-order chi connectivity index (χ1) is 12.2. The van der Waals surface area contributed by atoms with Crippen LogP contribution in [0.5, 0.6) is 0 Å². The van der Waals surface area contributed by atoms with Crippen molar-refractivity contribution in [3.05, 3.63) is 36.1 Å². The number of fused-ring (bicyclic) bond motifs is 3. The van der Waals surface area contributed by atoms with Crippen molar-refractivity contribution in [3.8, 4) is 0 Å². The molecule has 0 spiro atoms. The van der Waals surface area contributed by atoms with Gasteiger partial charge in [-0.05, 0) is 25.1 Å². The second kappa shape index (κ2) is 7.61. The number of hydrogen-bond donors (Lipinski definition) is 3. The van der Waals surface area contributed by atoms with Crippen LogP contribution in [-0.4, -0.2) is 66.8 Å². The topological polar surface area (TPSA) is 108 Å². The van der Waals surface area contributed by atoms with E-state index in [0.29, 0.717) is 18.3 Å². The number of aliphatic carboxylic acids is 2. The van der Waals surface area contributed by atoms with Crippen molar-refractivity contribution in [1.29, 1.82) is 0 Å². The summed E-state index contributed by atoms with van der Waals surface area (Å²) in [5.41, 5.74) is 1.46. The van der Waals surface area contributed by atoms with Crippen molar-refractivity contribution in [3.63, 3.8) is 0 Å². The molecule has 2 saturated heterocycles. The first-order valence-electron chi connectivity index (χ1n) is 8.31. The average Bonchev–Trinajstić information content (AvgIpc) is 3.09. The van der Waals surface area contributed by atoms with Gasteiger partial charge in [0, 0.05) is 44.5 Å². The van der Waals surface area contributed by atoms with Crippen molar-refractivity contribution in [2.45, 2.75) is 25.3 Å². The minimum Gasteiger partial charge on any atom is -0.478 e. The van der Waals surface area contributed by atoms with Crippen LogP contribution in [0.25, 0.3) is 0 Å². The minimum absolute atomic E-state index is 0.150. The Kier molecular flexibility index (Phi) is 5.90. The van der Waals surface area contributed by atoms with Crippen LogP contribution in [0.1, 0.15) is 13.3 Å². The molecule has 1 aliphatic carbocycles. The summed E-state index contributed by atoms with van der Waals surface area (Å²) in [7, 11) is 5.62. The maximum atomic E-state index is 9.55. The largest absolute Gasteiger partial charge is 0.478 e. The van der Waals surface area contributed by atoms with E-state index in [4.69, 9.17) is 19.7 Å². The van der Waals surface area contributed by atoms with Gasteiger partial charge in [-0.3, -0.25) is 5.32 Å². The summed E-state index contributed by atoms with van der Waals surface area (Å²) >= 11 is 0. The Morgan fingerprint density at radius 3 is 2.35 bits per heavy atom. The summed E-state index contributed by atoms with van der Waals surface area (Å²) in [6.07, 6.45) is 8.91. The van der Waals surface area contributed by atoms with E-state index in [9.17, 15) is 9.59 Å². The van der Waals surface area contributed by atoms with Gasteiger partial charge < -0.3 is 24.6 Å². The van der Waals surface area contributed by atoms with Gasteiger partial charge in [0.15, 0.2) is 5.79 Å². The molecule has 0 saturated carbocycles. The Morgan fingerprint density at radius 2 is 1.85 bits per heavy atom. The van der Waals surface area contributed by atoms with Crippen molar-refractivity contribution in [1.82, 2.24) is 10.2 Å². The van der Waals surface area contributed by atoms with Crippen LogP contribution in [0.2, 0.25) is 0 Å². The van der Waals surface area contributed by atoms with Crippen LogP contribution in [0, 0.1) is 11.3 Å². The standard InChI is InChI=1S/C14H22N2O2.C4H4O4/c1-13-8-9-15-12(13)16(2)10-6-5-7-14(17-3,18-4)11(10)13;5-3(6)1-2-4(7)8/h5-7,11-12,15H,8-9H2,1-4H3;1-2H,(H,5,6)(H,7,8)/b;2-1+. The summed E-state index contributed by atoms with van der Waals surface area (Å²) in [5, 5.41) is 19.2. The van der Waals surface area contributed by atoms with Crippen LogP contribution in [0.4, 0.5) is 0 Å². The van der Waals surface area contributed by atoms with Crippen LogP contribution in [0.3, 0.4) is 0 Å². The maximum Gasteiger partial charge on any atom is 0.328 e. The highest BCUT2D eigenvalue weighted by atomic mass is 16.7. The molecule has 0 aromatic rings. The third-order valence-electron chi connectivity index (χ3n) is 5.38. The predicted molar refractivity (Wildman–Crippen MR) is 94.2 cm³/mol. The van der Waals surface area contributed by atoms with Gasteiger partial charge in [-0.1, -0.05) is 13.0 Å². The molecule has 0 aromatic carbocycles. The van der Waals surface area contributed by atoms with Gasteiger partial charge in [-0.15, -0.1) is 0 Å². The summed E-state index contributed by atoms with van der Waals surface area (Å²) in [6, 6.07) is 0. The van der Waals surface area contributed by atoms with E-state index in [1.54, 1.807) is 14.2 Å². The van der Waals surface area contributed by atoms with Crippen molar-refractivity contribution >= 4 is 11.9 Å². The van der Waals surface area contributed by atoms with E-state index in [2.05, 4.69) is 30.3 Å². The summed E-state index contributed by atoms with van der Waals surface area (Å²) in [5.74, 6) is -2.90. The molecule has 0 aromatic heterocycles. The number of ether oxygens (including phenoxy) is 2. The minimum atomic E-state index is -1.26. The van der Waals surface area contributed by atoms with Gasteiger partial charge >= 0.3 is 11.9 Å². The van der Waals surface area contributed by atoms with Crippen molar-refractivity contribution in [2.24, 2.45) is 11.3 Å². The SMILES string of the molecule is COC1(OC)C=CC=C2C1C1(C)CCNC1N2C.O=C(O)/C=C/C(=O)O. The van der Waals surface area contributed by atoms with E-state index in [-0.39, 0.29) is 11.3 Å². The third-order valence-corrected chi connectivity index (χ3v) is 5.38. The average molecular weight is 366 g/mol. The molecule has 2 fully saturated rings. The molecule has 8 heteroatoms. The van der Waals surface area contributed by atoms with E-state index in [1.165, 1.54) is 5.70 Å². The number of carboxylic acids is 2. The lowest BCUT2D eigenvalue weighted by atomic mass is 9.70. The molecule has 2 heterocycles. The number of carbonyl (C=O) groups is 2. The maximum absolute atomic E-state index is 9.55. The third kappa shape index (κ3) is 3.40. The number of nitrogens with zero attached hydrogens (tertiary/aromatic N) is 1. The quantitative estimate of drug-likeness (QED) is 0.500. The number of nitrogens with one attached hydrogen (secondary N) is 1. The van der Waals surface area contributed by atoms with Crippen LogP contribution in [-0.2, 0) is 19.1 Å². The molecule has 26 heavy (non-hydrogen) atoms. The number of carboxylic acid groups (broad SMARTS) is 2. The Bertz CT molecular complexity index is 636. The summed E-state index contributed by atoms with van der Waals surface area (Å²) < 4.78 is 11.5. The van der Waals surface area contributed by atoms with E-state index in [0.717, 1.165) is 13.0 Å². The fraction of sp³-hybridized carbons (Fsp3) is 0.556. The molecule has 3 unspecified atom stereocenters. The molecule has 8 nitrogen and oxygen atoms in total. The molecule has 3 N–H and O–H groups in total. The molecule has 3 atom stereocenters. The fourth-order valence-electron chi connectivity index (χ4n) is 4.27. The van der Waals surface area contributed by atoms with E-state index in [1.807, 2.05) is 12.2 Å². The second-order valence-electron chi connectivity index (χ2n) is 6.75. The van der Waals surface area contributed by atoms with Crippen LogP contribution in [0.15, 0.2) is 36.1 Å². The predicted octanol–water partition coefficient (Wildman–Crippen LogP) is 1.03. The zero-order valence-electron chi connectivity index (χ0n) is 15.4. The Hall–Kier alpha value is -2.16. The lowest BCUT2D eigenvalue weighted by Crippen LogP contribution is -2.49. The van der Waals surface area contributed by atoms with Gasteiger partial charge in [0.25, 0.3) is 0 Å². The van der Waals surface area contributed by atoms with E-state index < -0.39 is 17.7 Å². The second-order valence-corrected chi connectivity index (χ2v) is 6.75. The number of likely N-dealkylation sites (tertiary alicyclic amines) is 1. The zero-order chi connectivity index (χ0) is 19.5.